The molecule has 1 N–H and O–H groups in total. The van der Waals surface area contributed by atoms with Crippen molar-refractivity contribution >= 4 is 9.84 Å². The van der Waals surface area contributed by atoms with Crippen molar-refractivity contribution in [1.82, 2.24) is 5.32 Å². The summed E-state index contributed by atoms with van der Waals surface area (Å²) in [6.07, 6.45) is 4.46. The van der Waals surface area contributed by atoms with Gasteiger partial charge in [-0.1, -0.05) is 27.2 Å². The zero-order valence-electron chi connectivity index (χ0n) is 12.3. The van der Waals surface area contributed by atoms with Crippen molar-refractivity contribution in [2.75, 3.05) is 12.3 Å². The Labute approximate surface area is 113 Å². The lowest BCUT2D eigenvalue weighted by atomic mass is 10.0. The lowest BCUT2D eigenvalue weighted by molar-refractivity contribution is 0.397. The molecular weight excluding hydrogens is 246 g/mol. The smallest absolute Gasteiger partial charge is 0.153 e. The topological polar surface area (TPSA) is 46.2 Å². The number of hydrogen-bond donors (Lipinski definition) is 1. The molecule has 0 aromatic heterocycles. The van der Waals surface area contributed by atoms with Gasteiger partial charge in [-0.2, -0.15) is 0 Å². The van der Waals surface area contributed by atoms with Crippen LogP contribution in [0.4, 0.5) is 0 Å². The van der Waals surface area contributed by atoms with E-state index in [0.717, 1.165) is 13.0 Å². The van der Waals surface area contributed by atoms with Crippen LogP contribution in [0.3, 0.4) is 0 Å². The summed E-state index contributed by atoms with van der Waals surface area (Å²) in [5.74, 6) is 1.13. The first-order valence-corrected chi connectivity index (χ1v) is 9.05. The monoisotopic (exact) mass is 275 g/mol. The fourth-order valence-corrected chi connectivity index (χ4v) is 4.66. The van der Waals surface area contributed by atoms with Crippen LogP contribution >= 0.6 is 0 Å². The molecule has 0 aliphatic heterocycles. The second kappa shape index (κ2) is 6.90. The van der Waals surface area contributed by atoms with E-state index in [1.807, 2.05) is 20.8 Å². The molecule has 1 aliphatic rings. The van der Waals surface area contributed by atoms with Gasteiger partial charge in [-0.25, -0.2) is 8.42 Å². The van der Waals surface area contributed by atoms with Crippen LogP contribution in [-0.2, 0) is 9.84 Å². The predicted octanol–water partition coefficient (Wildman–Crippen LogP) is 2.61. The van der Waals surface area contributed by atoms with Gasteiger partial charge in [-0.05, 0) is 44.6 Å². The maximum absolute atomic E-state index is 12.2. The molecule has 3 nitrogen and oxygen atoms in total. The summed E-state index contributed by atoms with van der Waals surface area (Å²) in [5.41, 5.74) is 0. The molecule has 0 spiro atoms. The molecule has 1 saturated carbocycles. The van der Waals surface area contributed by atoms with Crippen LogP contribution < -0.4 is 5.32 Å². The first-order chi connectivity index (χ1) is 8.38. The van der Waals surface area contributed by atoms with Crippen LogP contribution in [0.15, 0.2) is 0 Å². The molecule has 18 heavy (non-hydrogen) atoms. The molecule has 0 saturated heterocycles. The van der Waals surface area contributed by atoms with E-state index in [9.17, 15) is 8.42 Å². The van der Waals surface area contributed by atoms with Gasteiger partial charge in [0.25, 0.3) is 0 Å². The Balaban J connectivity index is 2.49. The molecular formula is C14H29NO2S. The highest BCUT2D eigenvalue weighted by Gasteiger charge is 2.30. The zero-order chi connectivity index (χ0) is 13.8. The summed E-state index contributed by atoms with van der Waals surface area (Å²) in [5, 5.41) is 3.28. The Hall–Kier alpha value is -0.0900. The molecule has 0 bridgehead atoms. The van der Waals surface area contributed by atoms with E-state index in [1.54, 1.807) is 0 Å². The van der Waals surface area contributed by atoms with E-state index in [0.29, 0.717) is 17.7 Å². The highest BCUT2D eigenvalue weighted by Crippen LogP contribution is 2.29. The standard InChI is InChI=1S/C14H29NO2S/c1-5-15-14-8-6-7-13(14)9-10-18(16,17)12(4)11(2)3/h11-15H,5-10H2,1-4H3. The highest BCUT2D eigenvalue weighted by molar-refractivity contribution is 7.92. The molecule has 1 fully saturated rings. The largest absolute Gasteiger partial charge is 0.314 e. The average Bonchev–Trinajstić information content (AvgIpc) is 2.73. The van der Waals surface area contributed by atoms with E-state index >= 15 is 0 Å². The van der Waals surface area contributed by atoms with Crippen LogP contribution in [0.5, 0.6) is 0 Å². The molecule has 0 aromatic rings. The molecule has 1 rings (SSSR count). The number of hydrogen-bond acceptors (Lipinski definition) is 3. The molecule has 3 atom stereocenters. The highest BCUT2D eigenvalue weighted by atomic mass is 32.2. The Bertz CT molecular complexity index is 338. The fourth-order valence-electron chi connectivity index (χ4n) is 2.83. The fraction of sp³-hybridized carbons (Fsp3) is 1.00. The van der Waals surface area contributed by atoms with Gasteiger partial charge in [0.15, 0.2) is 9.84 Å². The van der Waals surface area contributed by atoms with Gasteiger partial charge in [-0.3, -0.25) is 0 Å². The molecule has 3 unspecified atom stereocenters. The molecule has 4 heteroatoms. The normalized spacial score (nSPS) is 26.7. The van der Waals surface area contributed by atoms with Crippen molar-refractivity contribution in [3.8, 4) is 0 Å². The average molecular weight is 275 g/mol. The molecule has 1 aliphatic carbocycles. The van der Waals surface area contributed by atoms with Crippen LogP contribution in [0.25, 0.3) is 0 Å². The molecule has 108 valence electrons. The van der Waals surface area contributed by atoms with Gasteiger partial charge in [-0.15, -0.1) is 0 Å². The molecule has 0 heterocycles. The van der Waals surface area contributed by atoms with Crippen molar-refractivity contribution in [3.63, 3.8) is 0 Å². The van der Waals surface area contributed by atoms with E-state index in [-0.39, 0.29) is 11.2 Å². The second-order valence-electron chi connectivity index (χ2n) is 5.96. The lowest BCUT2D eigenvalue weighted by Gasteiger charge is -2.22. The minimum atomic E-state index is -2.91. The van der Waals surface area contributed by atoms with Gasteiger partial charge < -0.3 is 5.32 Å². The van der Waals surface area contributed by atoms with Gasteiger partial charge in [0.1, 0.15) is 0 Å². The van der Waals surface area contributed by atoms with Crippen LogP contribution in [0, 0.1) is 11.8 Å². The summed E-state index contributed by atoms with van der Waals surface area (Å²) < 4.78 is 24.3. The van der Waals surface area contributed by atoms with E-state index in [4.69, 9.17) is 0 Å². The minimum Gasteiger partial charge on any atom is -0.314 e. The van der Waals surface area contributed by atoms with Crippen molar-refractivity contribution in [3.05, 3.63) is 0 Å². The van der Waals surface area contributed by atoms with Crippen molar-refractivity contribution < 1.29 is 8.42 Å². The summed E-state index contributed by atoms with van der Waals surface area (Å²) in [7, 11) is -2.91. The molecule has 0 radical (unpaired) electrons. The van der Waals surface area contributed by atoms with Gasteiger partial charge >= 0.3 is 0 Å². The number of rotatable bonds is 7. The first kappa shape index (κ1) is 16.0. The zero-order valence-corrected chi connectivity index (χ0v) is 13.1. The first-order valence-electron chi connectivity index (χ1n) is 7.33. The van der Waals surface area contributed by atoms with Crippen molar-refractivity contribution in [2.45, 2.75) is 64.7 Å². The molecule has 0 amide bonds. The molecule has 0 aromatic carbocycles. The summed E-state index contributed by atoms with van der Waals surface area (Å²) in [4.78, 5) is 0. The van der Waals surface area contributed by atoms with Crippen LogP contribution in [0.1, 0.15) is 53.4 Å². The Morgan fingerprint density at radius 2 is 1.89 bits per heavy atom. The Morgan fingerprint density at radius 1 is 1.22 bits per heavy atom. The third-order valence-electron chi connectivity index (χ3n) is 4.40. The SMILES string of the molecule is CCNC1CCCC1CCS(=O)(=O)C(C)C(C)C. The van der Waals surface area contributed by atoms with Gasteiger partial charge in [0.2, 0.25) is 0 Å². The third-order valence-corrected chi connectivity index (χ3v) is 6.89. The predicted molar refractivity (Wildman–Crippen MR) is 77.5 cm³/mol. The summed E-state index contributed by atoms with van der Waals surface area (Å²) >= 11 is 0. The number of sulfone groups is 1. The van der Waals surface area contributed by atoms with Gasteiger partial charge in [0.05, 0.1) is 11.0 Å². The lowest BCUT2D eigenvalue weighted by Crippen LogP contribution is -2.34. The van der Waals surface area contributed by atoms with E-state index < -0.39 is 9.84 Å². The Kier molecular flexibility index (Phi) is 6.12. The number of nitrogens with one attached hydrogen (secondary N) is 1. The van der Waals surface area contributed by atoms with E-state index in [1.165, 1.54) is 19.3 Å². The maximum atomic E-state index is 12.2. The van der Waals surface area contributed by atoms with Crippen molar-refractivity contribution in [1.29, 1.82) is 0 Å². The summed E-state index contributed by atoms with van der Waals surface area (Å²) in [6, 6.07) is 0.541. The summed E-state index contributed by atoms with van der Waals surface area (Å²) in [6.45, 7) is 8.91. The van der Waals surface area contributed by atoms with Crippen molar-refractivity contribution in [2.24, 2.45) is 11.8 Å². The second-order valence-corrected chi connectivity index (χ2v) is 8.44. The Morgan fingerprint density at radius 3 is 2.44 bits per heavy atom. The third kappa shape index (κ3) is 4.23. The quantitative estimate of drug-likeness (QED) is 0.777. The minimum absolute atomic E-state index is 0.211. The van der Waals surface area contributed by atoms with E-state index in [2.05, 4.69) is 12.2 Å². The van der Waals surface area contributed by atoms with Crippen LogP contribution in [0.2, 0.25) is 0 Å². The van der Waals surface area contributed by atoms with Crippen LogP contribution in [-0.4, -0.2) is 32.0 Å². The van der Waals surface area contributed by atoms with Gasteiger partial charge in [0, 0.05) is 6.04 Å². The maximum Gasteiger partial charge on any atom is 0.153 e.